The van der Waals surface area contributed by atoms with E-state index >= 15 is 0 Å². The second-order valence-electron chi connectivity index (χ2n) is 6.46. The van der Waals surface area contributed by atoms with Gasteiger partial charge in [0, 0.05) is 27.6 Å². The molecular weight excluding hydrogens is 278 g/mol. The van der Waals surface area contributed by atoms with Crippen LogP contribution in [0.15, 0.2) is 55.7 Å². The molecule has 0 bridgehead atoms. The molecule has 0 saturated heterocycles. The molecule has 0 atom stereocenters. The van der Waals surface area contributed by atoms with E-state index in [4.69, 9.17) is 0 Å². The van der Waals surface area contributed by atoms with Crippen molar-refractivity contribution in [2.24, 2.45) is 0 Å². The summed E-state index contributed by atoms with van der Waals surface area (Å²) in [6.45, 7) is 18.5. The quantitative estimate of drug-likeness (QED) is 0.686. The first-order valence-corrected chi connectivity index (χ1v) is 7.94. The zero-order valence-electron chi connectivity index (χ0n) is 14.2. The lowest BCUT2D eigenvalue weighted by Crippen LogP contribution is -2.15. The van der Waals surface area contributed by atoms with Gasteiger partial charge in [0.1, 0.15) is 0 Å². The minimum absolute atomic E-state index is 0.0605. The van der Waals surface area contributed by atoms with E-state index in [-0.39, 0.29) is 5.41 Å². The summed E-state index contributed by atoms with van der Waals surface area (Å²) >= 11 is 0. The Bertz CT molecular complexity index is 898. The molecule has 1 nitrogen and oxygen atoms in total. The van der Waals surface area contributed by atoms with E-state index in [1.165, 1.54) is 27.7 Å². The van der Waals surface area contributed by atoms with E-state index in [1.54, 1.807) is 0 Å². The topological polar surface area (TPSA) is 15.8 Å². The zero-order chi connectivity index (χ0) is 16.8. The first-order chi connectivity index (χ1) is 11.0. The number of aromatic amines is 1. The van der Waals surface area contributed by atoms with E-state index in [0.29, 0.717) is 0 Å². The number of aromatic nitrogens is 1. The van der Waals surface area contributed by atoms with Crippen LogP contribution in [-0.4, -0.2) is 4.98 Å². The number of H-pyrrole nitrogens is 1. The largest absolute Gasteiger partial charge is 0.355 e. The van der Waals surface area contributed by atoms with Crippen molar-refractivity contribution >= 4 is 28.6 Å². The average molecular weight is 301 g/mol. The normalized spacial score (nSPS) is 16.1. The van der Waals surface area contributed by atoms with Crippen LogP contribution in [0.3, 0.4) is 0 Å². The van der Waals surface area contributed by atoms with Crippen molar-refractivity contribution in [3.8, 4) is 0 Å². The maximum Gasteiger partial charge on any atom is 0.0468 e. The Hall–Kier alpha value is -2.54. The van der Waals surface area contributed by atoms with Crippen LogP contribution in [0.25, 0.3) is 28.6 Å². The highest BCUT2D eigenvalue weighted by molar-refractivity contribution is 5.99. The summed E-state index contributed by atoms with van der Waals surface area (Å²) < 4.78 is 0. The molecule has 1 aliphatic carbocycles. The molecule has 1 N–H and O–H groups in total. The van der Waals surface area contributed by atoms with Gasteiger partial charge < -0.3 is 4.98 Å². The van der Waals surface area contributed by atoms with Crippen molar-refractivity contribution < 1.29 is 0 Å². The van der Waals surface area contributed by atoms with Crippen molar-refractivity contribution in [2.45, 2.75) is 26.2 Å². The SMILES string of the molecule is C=CC1=C(C=C)C(C)(C)c2cc3[nH]c(/C=C\C)c(C=C)c3cc21. The molecule has 1 heteroatoms. The number of allylic oxidation sites excluding steroid dienone is 5. The molecule has 0 unspecified atom stereocenters. The molecule has 0 fully saturated rings. The minimum atomic E-state index is -0.0605. The Morgan fingerprint density at radius 2 is 1.78 bits per heavy atom. The minimum Gasteiger partial charge on any atom is -0.355 e. The number of rotatable bonds is 4. The van der Waals surface area contributed by atoms with Gasteiger partial charge in [0.2, 0.25) is 0 Å². The van der Waals surface area contributed by atoms with Crippen LogP contribution in [0, 0.1) is 0 Å². The van der Waals surface area contributed by atoms with Gasteiger partial charge >= 0.3 is 0 Å². The monoisotopic (exact) mass is 301 g/mol. The van der Waals surface area contributed by atoms with Gasteiger partial charge in [0.05, 0.1) is 0 Å². The fourth-order valence-electron chi connectivity index (χ4n) is 3.75. The summed E-state index contributed by atoms with van der Waals surface area (Å²) in [7, 11) is 0. The summed E-state index contributed by atoms with van der Waals surface area (Å²) in [4.78, 5) is 3.52. The van der Waals surface area contributed by atoms with Crippen LogP contribution in [0.5, 0.6) is 0 Å². The van der Waals surface area contributed by atoms with E-state index in [0.717, 1.165) is 16.8 Å². The van der Waals surface area contributed by atoms with Crippen LogP contribution in [-0.2, 0) is 5.41 Å². The first-order valence-electron chi connectivity index (χ1n) is 7.94. The van der Waals surface area contributed by atoms with E-state index in [1.807, 2.05) is 31.2 Å². The summed E-state index contributed by atoms with van der Waals surface area (Å²) in [5.74, 6) is 0. The lowest BCUT2D eigenvalue weighted by molar-refractivity contribution is 0.655. The van der Waals surface area contributed by atoms with Crippen molar-refractivity contribution in [2.75, 3.05) is 0 Å². The van der Waals surface area contributed by atoms with Crippen LogP contribution in [0.2, 0.25) is 0 Å². The molecule has 0 spiro atoms. The fraction of sp³-hybridized carbons (Fsp3) is 0.182. The van der Waals surface area contributed by atoms with E-state index < -0.39 is 0 Å². The molecule has 0 saturated carbocycles. The summed E-state index contributed by atoms with van der Waals surface area (Å²) in [5.41, 5.74) is 8.33. The summed E-state index contributed by atoms with van der Waals surface area (Å²) in [6.07, 6.45) is 9.97. The Kier molecular flexibility index (Phi) is 3.52. The van der Waals surface area contributed by atoms with Gasteiger partial charge in [-0.05, 0) is 47.4 Å². The smallest absolute Gasteiger partial charge is 0.0468 e. The predicted molar refractivity (Wildman–Crippen MR) is 103 cm³/mol. The van der Waals surface area contributed by atoms with Gasteiger partial charge in [-0.2, -0.15) is 0 Å². The van der Waals surface area contributed by atoms with Gasteiger partial charge in [-0.1, -0.05) is 57.9 Å². The van der Waals surface area contributed by atoms with Gasteiger partial charge in [0.25, 0.3) is 0 Å². The summed E-state index contributed by atoms with van der Waals surface area (Å²) in [5, 5.41) is 1.20. The molecule has 0 aliphatic heterocycles. The second kappa shape index (κ2) is 5.27. The lowest BCUT2D eigenvalue weighted by atomic mass is 9.81. The molecular formula is C22H23N. The Balaban J connectivity index is 2.41. The van der Waals surface area contributed by atoms with Gasteiger partial charge in [-0.15, -0.1) is 0 Å². The van der Waals surface area contributed by atoms with Crippen LogP contribution in [0.1, 0.15) is 43.2 Å². The molecule has 3 rings (SSSR count). The highest BCUT2D eigenvalue weighted by atomic mass is 14.7. The standard InChI is InChI=1S/C22H23N/c1-7-11-20-15(9-3)17-12-16-14(8-2)18(10-4)22(5,6)19(16)13-21(17)23-20/h7-13,23H,2-4H2,1,5-6H3/b11-7-. The molecule has 1 aromatic heterocycles. The average Bonchev–Trinajstić information content (AvgIpc) is 2.97. The highest BCUT2D eigenvalue weighted by Gasteiger charge is 2.35. The Morgan fingerprint density at radius 3 is 2.35 bits per heavy atom. The third-order valence-corrected chi connectivity index (χ3v) is 4.88. The third kappa shape index (κ3) is 2.00. The maximum atomic E-state index is 4.02. The maximum absolute atomic E-state index is 4.02. The van der Waals surface area contributed by atoms with Crippen molar-refractivity contribution in [1.29, 1.82) is 0 Å². The molecule has 23 heavy (non-hydrogen) atoms. The number of nitrogens with one attached hydrogen (secondary N) is 1. The van der Waals surface area contributed by atoms with Crippen LogP contribution in [0.4, 0.5) is 0 Å². The predicted octanol–water partition coefficient (Wildman–Crippen LogP) is 6.26. The third-order valence-electron chi connectivity index (χ3n) is 4.88. The molecule has 116 valence electrons. The van der Waals surface area contributed by atoms with E-state index in [2.05, 4.69) is 56.8 Å². The van der Waals surface area contributed by atoms with Gasteiger partial charge in [-0.25, -0.2) is 0 Å². The molecule has 2 aromatic rings. The molecule has 1 aromatic carbocycles. The van der Waals surface area contributed by atoms with E-state index in [9.17, 15) is 0 Å². The number of benzene rings is 1. The number of hydrogen-bond donors (Lipinski definition) is 1. The van der Waals surface area contributed by atoms with Gasteiger partial charge in [0.15, 0.2) is 0 Å². The molecule has 1 aliphatic rings. The molecule has 0 radical (unpaired) electrons. The molecule has 0 amide bonds. The Morgan fingerprint density at radius 1 is 1.04 bits per heavy atom. The molecule has 1 heterocycles. The van der Waals surface area contributed by atoms with Crippen LogP contribution < -0.4 is 0 Å². The number of hydrogen-bond acceptors (Lipinski definition) is 0. The van der Waals surface area contributed by atoms with Crippen molar-refractivity contribution in [3.05, 3.63) is 78.1 Å². The Labute approximate surface area is 138 Å². The second-order valence-corrected chi connectivity index (χ2v) is 6.46. The van der Waals surface area contributed by atoms with Crippen molar-refractivity contribution in [3.63, 3.8) is 0 Å². The lowest BCUT2D eigenvalue weighted by Gasteiger charge is -2.22. The number of fused-ring (bicyclic) bond motifs is 2. The van der Waals surface area contributed by atoms with Crippen molar-refractivity contribution in [1.82, 2.24) is 4.98 Å². The van der Waals surface area contributed by atoms with Gasteiger partial charge in [-0.3, -0.25) is 0 Å². The highest BCUT2D eigenvalue weighted by Crippen LogP contribution is 2.48. The van der Waals surface area contributed by atoms with Crippen LogP contribution >= 0.6 is 0 Å². The zero-order valence-corrected chi connectivity index (χ0v) is 14.2. The fourth-order valence-corrected chi connectivity index (χ4v) is 3.75. The first kappa shape index (κ1) is 15.4. The summed E-state index contributed by atoms with van der Waals surface area (Å²) in [6, 6.07) is 4.53.